The van der Waals surface area contributed by atoms with Gasteiger partial charge in [0.15, 0.2) is 5.13 Å². The first-order valence-electron chi connectivity index (χ1n) is 6.78. The predicted octanol–water partition coefficient (Wildman–Crippen LogP) is 3.44. The van der Waals surface area contributed by atoms with Crippen LogP contribution in [0.1, 0.15) is 42.9 Å². The van der Waals surface area contributed by atoms with E-state index in [1.165, 1.54) is 0 Å². The van der Waals surface area contributed by atoms with Crippen molar-refractivity contribution in [2.45, 2.75) is 46.2 Å². The van der Waals surface area contributed by atoms with Crippen molar-refractivity contribution in [3.05, 3.63) is 34.2 Å². The Labute approximate surface area is 124 Å². The van der Waals surface area contributed by atoms with E-state index in [4.69, 9.17) is 15.1 Å². The first kappa shape index (κ1) is 15.1. The molecule has 0 aliphatic rings. The fourth-order valence-electron chi connectivity index (χ4n) is 2.10. The first-order valence-corrected chi connectivity index (χ1v) is 7.59. The Morgan fingerprint density at radius 3 is 2.50 bits per heavy atom. The topological polar surface area (TPSA) is 55.3 Å². The zero-order valence-electron chi connectivity index (χ0n) is 12.9. The molecule has 2 N–H and O–H groups in total. The predicted molar refractivity (Wildman–Crippen MR) is 84.3 cm³/mol. The van der Waals surface area contributed by atoms with Crippen molar-refractivity contribution in [1.29, 1.82) is 0 Å². The highest BCUT2D eigenvalue weighted by Crippen LogP contribution is 2.33. The van der Waals surface area contributed by atoms with E-state index < -0.39 is 0 Å². The summed E-state index contributed by atoms with van der Waals surface area (Å²) < 4.78 is 5.62. The summed E-state index contributed by atoms with van der Waals surface area (Å²) in [5.74, 6) is 1.89. The van der Waals surface area contributed by atoms with Crippen LogP contribution in [0.2, 0.25) is 0 Å². The number of furan rings is 1. The zero-order valence-corrected chi connectivity index (χ0v) is 13.7. The lowest BCUT2D eigenvalue weighted by Gasteiger charge is -2.17. The van der Waals surface area contributed by atoms with Crippen molar-refractivity contribution in [2.24, 2.45) is 5.73 Å². The van der Waals surface area contributed by atoms with Gasteiger partial charge in [0.2, 0.25) is 0 Å². The molecule has 2 aromatic rings. The number of hydrogen-bond donors (Lipinski definition) is 1. The van der Waals surface area contributed by atoms with Crippen LogP contribution in [-0.2, 0) is 18.5 Å². The summed E-state index contributed by atoms with van der Waals surface area (Å²) in [5, 5.41) is 0.990. The molecule has 0 unspecified atom stereocenters. The van der Waals surface area contributed by atoms with E-state index in [-0.39, 0.29) is 5.41 Å². The van der Waals surface area contributed by atoms with Gasteiger partial charge in [-0.05, 0) is 19.1 Å². The fourth-order valence-corrected chi connectivity index (χ4v) is 3.21. The number of aryl methyl sites for hydroxylation is 1. The Hall–Kier alpha value is -1.33. The highest BCUT2D eigenvalue weighted by molar-refractivity contribution is 7.15. The smallest absolute Gasteiger partial charge is 0.185 e. The number of aromatic nitrogens is 1. The van der Waals surface area contributed by atoms with Gasteiger partial charge in [-0.2, -0.15) is 0 Å². The number of thiazole rings is 1. The van der Waals surface area contributed by atoms with Crippen LogP contribution in [0.4, 0.5) is 5.13 Å². The standard InChI is InChI=1S/C15H23N3OS/c1-10-6-7-11(19-10)9-18(5)14-17-13(15(2,3)4)12(8-16)20-14/h6-7H,8-9,16H2,1-5H3. The molecule has 0 aromatic carbocycles. The van der Waals surface area contributed by atoms with Gasteiger partial charge in [-0.3, -0.25) is 0 Å². The number of rotatable bonds is 4. The third kappa shape index (κ3) is 3.22. The number of anilines is 1. The Balaban J connectivity index is 2.22. The van der Waals surface area contributed by atoms with Gasteiger partial charge in [0.25, 0.3) is 0 Å². The molecule has 0 fully saturated rings. The molecule has 0 saturated carbocycles. The van der Waals surface area contributed by atoms with Crippen LogP contribution in [0.25, 0.3) is 0 Å². The van der Waals surface area contributed by atoms with Gasteiger partial charge in [-0.25, -0.2) is 4.98 Å². The molecule has 5 heteroatoms. The molecule has 0 aliphatic heterocycles. The Kier molecular flexibility index (Phi) is 4.20. The van der Waals surface area contributed by atoms with Crippen molar-refractivity contribution in [3.63, 3.8) is 0 Å². The van der Waals surface area contributed by atoms with Crippen LogP contribution in [0, 0.1) is 6.92 Å². The average Bonchev–Trinajstić information content (AvgIpc) is 2.94. The van der Waals surface area contributed by atoms with Gasteiger partial charge in [0, 0.05) is 23.9 Å². The minimum Gasteiger partial charge on any atom is -0.464 e. The lowest BCUT2D eigenvalue weighted by Crippen LogP contribution is -2.18. The van der Waals surface area contributed by atoms with Crippen LogP contribution in [0.15, 0.2) is 16.5 Å². The maximum atomic E-state index is 5.85. The summed E-state index contributed by atoms with van der Waals surface area (Å²) in [7, 11) is 2.03. The van der Waals surface area contributed by atoms with Crippen molar-refractivity contribution < 1.29 is 4.42 Å². The van der Waals surface area contributed by atoms with E-state index >= 15 is 0 Å². The summed E-state index contributed by atoms with van der Waals surface area (Å²) in [6, 6.07) is 3.99. The SMILES string of the molecule is Cc1ccc(CN(C)c2nc(C(C)(C)C)c(CN)s2)o1. The molecule has 0 amide bonds. The van der Waals surface area contributed by atoms with Crippen molar-refractivity contribution >= 4 is 16.5 Å². The lowest BCUT2D eigenvalue weighted by molar-refractivity contribution is 0.481. The molecule has 0 bridgehead atoms. The quantitative estimate of drug-likeness (QED) is 0.938. The maximum Gasteiger partial charge on any atom is 0.185 e. The van der Waals surface area contributed by atoms with Gasteiger partial charge >= 0.3 is 0 Å². The molecule has 0 spiro atoms. The van der Waals surface area contributed by atoms with Gasteiger partial charge < -0.3 is 15.1 Å². The summed E-state index contributed by atoms with van der Waals surface area (Å²) in [5.41, 5.74) is 6.97. The third-order valence-electron chi connectivity index (χ3n) is 3.10. The molecular weight excluding hydrogens is 270 g/mol. The summed E-state index contributed by atoms with van der Waals surface area (Å²) in [6.07, 6.45) is 0. The molecule has 2 heterocycles. The summed E-state index contributed by atoms with van der Waals surface area (Å²) in [6.45, 7) is 9.71. The molecular formula is C15H23N3OS. The number of hydrogen-bond acceptors (Lipinski definition) is 5. The second kappa shape index (κ2) is 5.58. The zero-order chi connectivity index (χ0) is 14.9. The summed E-state index contributed by atoms with van der Waals surface area (Å²) in [4.78, 5) is 8.05. The molecule has 20 heavy (non-hydrogen) atoms. The number of nitrogens with zero attached hydrogens (tertiary/aromatic N) is 2. The molecule has 0 aliphatic carbocycles. The third-order valence-corrected chi connectivity index (χ3v) is 4.29. The van der Waals surface area contributed by atoms with E-state index in [9.17, 15) is 0 Å². The fraction of sp³-hybridized carbons (Fsp3) is 0.533. The molecule has 2 aromatic heterocycles. The summed E-state index contributed by atoms with van der Waals surface area (Å²) >= 11 is 1.67. The second-order valence-electron chi connectivity index (χ2n) is 6.09. The number of nitrogens with two attached hydrogens (primary N) is 1. The van der Waals surface area contributed by atoms with Crippen molar-refractivity contribution in [3.8, 4) is 0 Å². The van der Waals surface area contributed by atoms with Crippen LogP contribution < -0.4 is 10.6 Å². The van der Waals surface area contributed by atoms with Crippen LogP contribution >= 0.6 is 11.3 Å². The molecule has 110 valence electrons. The molecule has 0 radical (unpaired) electrons. The first-order chi connectivity index (χ1) is 9.31. The lowest BCUT2D eigenvalue weighted by atomic mass is 9.91. The largest absolute Gasteiger partial charge is 0.464 e. The van der Waals surface area contributed by atoms with Crippen LogP contribution in [0.5, 0.6) is 0 Å². The van der Waals surface area contributed by atoms with Gasteiger partial charge in [-0.1, -0.05) is 20.8 Å². The molecule has 2 rings (SSSR count). The Morgan fingerprint density at radius 1 is 1.35 bits per heavy atom. The van der Waals surface area contributed by atoms with Crippen molar-refractivity contribution in [1.82, 2.24) is 4.98 Å². The monoisotopic (exact) mass is 293 g/mol. The van der Waals surface area contributed by atoms with E-state index in [2.05, 4.69) is 25.7 Å². The van der Waals surface area contributed by atoms with E-state index in [1.807, 2.05) is 26.1 Å². The van der Waals surface area contributed by atoms with E-state index in [0.717, 1.165) is 33.8 Å². The van der Waals surface area contributed by atoms with Crippen molar-refractivity contribution in [2.75, 3.05) is 11.9 Å². The Bertz CT molecular complexity index is 580. The highest BCUT2D eigenvalue weighted by atomic mass is 32.1. The van der Waals surface area contributed by atoms with E-state index in [1.54, 1.807) is 11.3 Å². The van der Waals surface area contributed by atoms with Crippen LogP contribution in [0.3, 0.4) is 0 Å². The normalized spacial score (nSPS) is 11.9. The molecule has 0 saturated heterocycles. The Morgan fingerprint density at radius 2 is 2.05 bits per heavy atom. The van der Waals surface area contributed by atoms with Gasteiger partial charge in [0.1, 0.15) is 11.5 Å². The van der Waals surface area contributed by atoms with Gasteiger partial charge in [-0.15, -0.1) is 11.3 Å². The minimum absolute atomic E-state index is 0.0194. The molecule has 4 nitrogen and oxygen atoms in total. The van der Waals surface area contributed by atoms with Crippen LogP contribution in [-0.4, -0.2) is 12.0 Å². The highest BCUT2D eigenvalue weighted by Gasteiger charge is 2.23. The average molecular weight is 293 g/mol. The van der Waals surface area contributed by atoms with Gasteiger partial charge in [0.05, 0.1) is 12.2 Å². The molecule has 0 atom stereocenters. The maximum absolute atomic E-state index is 5.85. The minimum atomic E-state index is 0.0194. The second-order valence-corrected chi connectivity index (χ2v) is 7.15. The van der Waals surface area contributed by atoms with E-state index in [0.29, 0.717) is 6.54 Å².